The predicted octanol–water partition coefficient (Wildman–Crippen LogP) is 0.627. The molecule has 0 radical (unpaired) electrons. The Labute approximate surface area is 93.7 Å². The first kappa shape index (κ1) is 14.8. The maximum Gasteiger partial charge on any atom is 0.0928 e. The monoisotopic (exact) mass is 218 g/mol. The van der Waals surface area contributed by atoms with E-state index in [1.807, 2.05) is 0 Å². The number of ether oxygens (including phenoxy) is 2. The molecule has 0 aromatic rings. The Hall–Kier alpha value is -0.160. The van der Waals surface area contributed by atoms with Crippen LogP contribution >= 0.6 is 0 Å². The molecule has 0 saturated carbocycles. The topological polar surface area (TPSA) is 42.5 Å². The molecule has 0 saturated heterocycles. The molecule has 92 valence electrons. The minimum Gasteiger partial charge on any atom is -0.382 e. The van der Waals surface area contributed by atoms with Gasteiger partial charge in [0.2, 0.25) is 0 Å². The van der Waals surface area contributed by atoms with Gasteiger partial charge in [-0.1, -0.05) is 6.92 Å². The van der Waals surface area contributed by atoms with Gasteiger partial charge < -0.3 is 20.1 Å². The van der Waals surface area contributed by atoms with E-state index in [2.05, 4.69) is 17.6 Å². The summed E-state index contributed by atoms with van der Waals surface area (Å²) in [6, 6.07) is 0. The van der Waals surface area contributed by atoms with Gasteiger partial charge in [0.1, 0.15) is 0 Å². The second-order valence-electron chi connectivity index (χ2n) is 3.62. The van der Waals surface area contributed by atoms with Gasteiger partial charge in [0.25, 0.3) is 0 Å². The van der Waals surface area contributed by atoms with Crippen molar-refractivity contribution in [3.63, 3.8) is 0 Å². The smallest absolute Gasteiger partial charge is 0.0928 e. The van der Waals surface area contributed by atoms with Crippen LogP contribution in [0.25, 0.3) is 0 Å². The molecule has 4 heteroatoms. The fraction of sp³-hybridized carbons (Fsp3) is 1.00. The van der Waals surface area contributed by atoms with E-state index in [9.17, 15) is 0 Å². The van der Waals surface area contributed by atoms with Crippen LogP contribution in [0.2, 0.25) is 0 Å². The fourth-order valence-corrected chi connectivity index (χ4v) is 1.30. The lowest BCUT2D eigenvalue weighted by atomic mass is 10.3. The van der Waals surface area contributed by atoms with Gasteiger partial charge in [-0.05, 0) is 32.5 Å². The van der Waals surface area contributed by atoms with Gasteiger partial charge >= 0.3 is 0 Å². The van der Waals surface area contributed by atoms with E-state index in [0.717, 1.165) is 32.6 Å². The van der Waals surface area contributed by atoms with Gasteiger partial charge in [-0.15, -0.1) is 0 Å². The Kier molecular flexibility index (Phi) is 11.8. The summed E-state index contributed by atoms with van der Waals surface area (Å²) in [5.41, 5.74) is 0. The average molecular weight is 218 g/mol. The minimum atomic E-state index is 0.165. The lowest BCUT2D eigenvalue weighted by Gasteiger charge is -2.14. The van der Waals surface area contributed by atoms with Crippen LogP contribution in [0, 0.1) is 0 Å². The average Bonchev–Trinajstić information content (AvgIpc) is 2.26. The number of hydrogen-bond donors (Lipinski definition) is 2. The highest BCUT2D eigenvalue weighted by Crippen LogP contribution is 1.88. The van der Waals surface area contributed by atoms with Gasteiger partial charge in [0.05, 0.1) is 12.7 Å². The summed E-state index contributed by atoms with van der Waals surface area (Å²) in [5, 5.41) is 6.72. The molecule has 0 aliphatic heterocycles. The van der Waals surface area contributed by atoms with Gasteiger partial charge in [0, 0.05) is 20.8 Å². The molecule has 0 bridgehead atoms. The van der Waals surface area contributed by atoms with Gasteiger partial charge in [-0.3, -0.25) is 0 Å². The normalized spacial score (nSPS) is 13.0. The molecule has 2 N–H and O–H groups in total. The van der Waals surface area contributed by atoms with Crippen molar-refractivity contribution in [2.24, 2.45) is 0 Å². The third kappa shape index (κ3) is 10.1. The summed E-state index contributed by atoms with van der Waals surface area (Å²) >= 11 is 0. The first-order chi connectivity index (χ1) is 7.35. The highest BCUT2D eigenvalue weighted by molar-refractivity contribution is 4.60. The lowest BCUT2D eigenvalue weighted by molar-refractivity contribution is 0.0290. The standard InChI is InChI=1S/C11H26N2O2/c1-4-6-12-7-5-8-13-9-11(15-3)10-14-2/h11-13H,4-10H2,1-3H3. The van der Waals surface area contributed by atoms with E-state index in [4.69, 9.17) is 9.47 Å². The number of nitrogens with one attached hydrogen (secondary N) is 2. The van der Waals surface area contributed by atoms with Crippen LogP contribution in [0.15, 0.2) is 0 Å². The third-order valence-corrected chi connectivity index (χ3v) is 2.19. The molecule has 0 rings (SSSR count). The summed E-state index contributed by atoms with van der Waals surface area (Å²) in [6.45, 7) is 6.92. The quantitative estimate of drug-likeness (QED) is 0.499. The maximum absolute atomic E-state index is 5.23. The van der Waals surface area contributed by atoms with Crippen molar-refractivity contribution in [3.8, 4) is 0 Å². The number of hydrogen-bond acceptors (Lipinski definition) is 4. The van der Waals surface area contributed by atoms with E-state index >= 15 is 0 Å². The summed E-state index contributed by atoms with van der Waals surface area (Å²) in [6.07, 6.45) is 2.52. The number of rotatable bonds is 11. The van der Waals surface area contributed by atoms with Crippen molar-refractivity contribution in [1.29, 1.82) is 0 Å². The Bertz CT molecular complexity index is 123. The van der Waals surface area contributed by atoms with E-state index in [1.165, 1.54) is 6.42 Å². The zero-order valence-electron chi connectivity index (χ0n) is 10.3. The molecule has 0 spiro atoms. The SMILES string of the molecule is CCCNCCCNCC(COC)OC. The van der Waals surface area contributed by atoms with Crippen LogP contribution in [0.3, 0.4) is 0 Å². The largest absolute Gasteiger partial charge is 0.382 e. The molecule has 0 aliphatic carbocycles. The number of methoxy groups -OCH3 is 2. The first-order valence-corrected chi connectivity index (χ1v) is 5.78. The van der Waals surface area contributed by atoms with Crippen LogP contribution < -0.4 is 10.6 Å². The molecule has 0 heterocycles. The van der Waals surface area contributed by atoms with Crippen molar-refractivity contribution in [2.75, 3.05) is 47.0 Å². The second kappa shape index (κ2) is 11.9. The molecule has 4 nitrogen and oxygen atoms in total. The molecule has 0 aliphatic rings. The van der Waals surface area contributed by atoms with Gasteiger partial charge in [-0.2, -0.15) is 0 Å². The predicted molar refractivity (Wildman–Crippen MR) is 63.3 cm³/mol. The van der Waals surface area contributed by atoms with Crippen LogP contribution in [-0.4, -0.2) is 53.1 Å². The van der Waals surface area contributed by atoms with E-state index < -0.39 is 0 Å². The Balaban J connectivity index is 3.14. The van der Waals surface area contributed by atoms with Crippen LogP contribution in [0.1, 0.15) is 19.8 Å². The molecule has 0 aromatic carbocycles. The Morgan fingerprint density at radius 2 is 1.80 bits per heavy atom. The van der Waals surface area contributed by atoms with Gasteiger partial charge in [-0.25, -0.2) is 0 Å². The van der Waals surface area contributed by atoms with Gasteiger partial charge in [0.15, 0.2) is 0 Å². The Morgan fingerprint density at radius 3 is 2.40 bits per heavy atom. The molecule has 0 amide bonds. The molecular formula is C11H26N2O2. The van der Waals surface area contributed by atoms with Crippen molar-refractivity contribution >= 4 is 0 Å². The summed E-state index contributed by atoms with van der Waals surface area (Å²) in [7, 11) is 3.41. The highest BCUT2D eigenvalue weighted by atomic mass is 16.5. The lowest BCUT2D eigenvalue weighted by Crippen LogP contribution is -2.33. The van der Waals surface area contributed by atoms with Crippen molar-refractivity contribution in [1.82, 2.24) is 10.6 Å². The van der Waals surface area contributed by atoms with Crippen LogP contribution in [0.5, 0.6) is 0 Å². The van der Waals surface area contributed by atoms with Crippen LogP contribution in [-0.2, 0) is 9.47 Å². The molecule has 15 heavy (non-hydrogen) atoms. The third-order valence-electron chi connectivity index (χ3n) is 2.19. The fourth-order valence-electron chi connectivity index (χ4n) is 1.30. The molecule has 0 aromatic heterocycles. The van der Waals surface area contributed by atoms with E-state index in [0.29, 0.717) is 6.61 Å². The van der Waals surface area contributed by atoms with E-state index in [-0.39, 0.29) is 6.10 Å². The zero-order valence-corrected chi connectivity index (χ0v) is 10.3. The summed E-state index contributed by atoms with van der Waals surface area (Å²) in [5.74, 6) is 0. The zero-order chi connectivity index (χ0) is 11.4. The van der Waals surface area contributed by atoms with Crippen molar-refractivity contribution < 1.29 is 9.47 Å². The van der Waals surface area contributed by atoms with Crippen molar-refractivity contribution in [2.45, 2.75) is 25.9 Å². The van der Waals surface area contributed by atoms with E-state index in [1.54, 1.807) is 14.2 Å². The Morgan fingerprint density at radius 1 is 1.07 bits per heavy atom. The second-order valence-corrected chi connectivity index (χ2v) is 3.62. The molecule has 0 fully saturated rings. The molecule has 1 atom stereocenters. The molecule has 1 unspecified atom stereocenters. The summed E-state index contributed by atoms with van der Waals surface area (Å²) < 4.78 is 10.3. The van der Waals surface area contributed by atoms with Crippen LogP contribution in [0.4, 0.5) is 0 Å². The molecular weight excluding hydrogens is 192 g/mol. The van der Waals surface area contributed by atoms with Crippen molar-refractivity contribution in [3.05, 3.63) is 0 Å². The minimum absolute atomic E-state index is 0.165. The highest BCUT2D eigenvalue weighted by Gasteiger charge is 2.04. The summed E-state index contributed by atoms with van der Waals surface area (Å²) in [4.78, 5) is 0. The maximum atomic E-state index is 5.23. The first-order valence-electron chi connectivity index (χ1n) is 5.78.